The zero-order valence-corrected chi connectivity index (χ0v) is 18.1. The fourth-order valence-electron chi connectivity index (χ4n) is 3.05. The van der Waals surface area contributed by atoms with Crippen molar-refractivity contribution in [1.82, 2.24) is 10.2 Å². The van der Waals surface area contributed by atoms with Gasteiger partial charge in [-0.1, -0.05) is 50.1 Å². The van der Waals surface area contributed by atoms with Crippen LogP contribution in [-0.4, -0.2) is 43.6 Å². The van der Waals surface area contributed by atoms with Gasteiger partial charge >= 0.3 is 0 Å². The van der Waals surface area contributed by atoms with Gasteiger partial charge in [-0.2, -0.15) is 0 Å². The van der Waals surface area contributed by atoms with E-state index in [0.717, 1.165) is 38.7 Å². The van der Waals surface area contributed by atoms with Crippen LogP contribution in [0, 0.1) is 5.92 Å². The molecule has 2 rings (SSSR count). The minimum Gasteiger partial charge on any atom is -0.376 e. The minimum atomic E-state index is 0. The normalized spacial score (nSPS) is 17.4. The van der Waals surface area contributed by atoms with Crippen molar-refractivity contribution in [3.63, 3.8) is 0 Å². The maximum atomic E-state index is 5.92. The quantitative estimate of drug-likeness (QED) is 0.259. The minimum absolute atomic E-state index is 0. The van der Waals surface area contributed by atoms with E-state index in [1.807, 2.05) is 6.07 Å². The molecule has 1 aromatic carbocycles. The largest absolute Gasteiger partial charge is 0.376 e. The average Bonchev–Trinajstić information content (AvgIpc) is 3.07. The number of nitrogens with one attached hydrogen (secondary N) is 1. The van der Waals surface area contributed by atoms with Crippen LogP contribution in [-0.2, 0) is 11.3 Å². The number of unbranched alkanes of at least 4 members (excludes halogenated alkanes) is 2. The Hall–Kier alpha value is -0.820. The van der Waals surface area contributed by atoms with Crippen LogP contribution in [0.25, 0.3) is 0 Å². The van der Waals surface area contributed by atoms with Crippen molar-refractivity contribution < 1.29 is 4.74 Å². The van der Waals surface area contributed by atoms with Gasteiger partial charge in [0.2, 0.25) is 0 Å². The first-order chi connectivity index (χ1) is 11.8. The van der Waals surface area contributed by atoms with E-state index >= 15 is 0 Å². The molecular weight excluding hydrogens is 425 g/mol. The van der Waals surface area contributed by atoms with Crippen molar-refractivity contribution >= 4 is 29.9 Å². The van der Waals surface area contributed by atoms with Crippen LogP contribution >= 0.6 is 24.0 Å². The van der Waals surface area contributed by atoms with Crippen molar-refractivity contribution in [2.24, 2.45) is 10.9 Å². The van der Waals surface area contributed by atoms with E-state index in [9.17, 15) is 0 Å². The maximum Gasteiger partial charge on any atom is 0.193 e. The molecule has 142 valence electrons. The van der Waals surface area contributed by atoms with Gasteiger partial charge in [-0.25, -0.2) is 0 Å². The van der Waals surface area contributed by atoms with Crippen LogP contribution in [0.2, 0.25) is 0 Å². The summed E-state index contributed by atoms with van der Waals surface area (Å²) in [7, 11) is 0. The van der Waals surface area contributed by atoms with Crippen LogP contribution in [0.5, 0.6) is 0 Å². The van der Waals surface area contributed by atoms with E-state index in [2.05, 4.69) is 48.3 Å². The third-order valence-electron chi connectivity index (χ3n) is 4.41. The van der Waals surface area contributed by atoms with Crippen molar-refractivity contribution in [1.29, 1.82) is 0 Å². The molecule has 1 aliphatic heterocycles. The van der Waals surface area contributed by atoms with Gasteiger partial charge in [-0.05, 0) is 25.3 Å². The van der Waals surface area contributed by atoms with E-state index in [4.69, 9.17) is 9.73 Å². The Morgan fingerprint density at radius 1 is 1.24 bits per heavy atom. The van der Waals surface area contributed by atoms with E-state index < -0.39 is 0 Å². The summed E-state index contributed by atoms with van der Waals surface area (Å²) in [5.41, 5.74) is 1.25. The Bertz CT molecular complexity index is 481. The molecule has 1 fully saturated rings. The molecule has 1 unspecified atom stereocenters. The van der Waals surface area contributed by atoms with Gasteiger partial charge in [0.05, 0.1) is 13.2 Å². The SMILES string of the molecule is CCCCCN=C(NCC)N1CCC(COCc2ccccc2)C1.I. The Labute approximate surface area is 170 Å². The first kappa shape index (κ1) is 22.2. The van der Waals surface area contributed by atoms with Crippen molar-refractivity contribution in [2.45, 2.75) is 46.1 Å². The van der Waals surface area contributed by atoms with Crippen LogP contribution in [0.3, 0.4) is 0 Å². The highest BCUT2D eigenvalue weighted by Crippen LogP contribution is 2.17. The summed E-state index contributed by atoms with van der Waals surface area (Å²) in [6.07, 6.45) is 4.88. The molecule has 25 heavy (non-hydrogen) atoms. The molecule has 1 aliphatic rings. The molecule has 0 spiro atoms. The summed E-state index contributed by atoms with van der Waals surface area (Å²) in [5.74, 6) is 1.69. The monoisotopic (exact) mass is 459 g/mol. The number of nitrogens with zero attached hydrogens (tertiary/aromatic N) is 2. The van der Waals surface area contributed by atoms with E-state index in [0.29, 0.717) is 12.5 Å². The number of hydrogen-bond donors (Lipinski definition) is 1. The molecule has 1 heterocycles. The van der Waals surface area contributed by atoms with Crippen LogP contribution in [0.1, 0.15) is 45.1 Å². The topological polar surface area (TPSA) is 36.9 Å². The molecule has 0 saturated carbocycles. The Morgan fingerprint density at radius 3 is 2.76 bits per heavy atom. The van der Waals surface area contributed by atoms with Gasteiger partial charge in [0.1, 0.15) is 0 Å². The van der Waals surface area contributed by atoms with E-state index in [-0.39, 0.29) is 24.0 Å². The molecule has 1 saturated heterocycles. The highest BCUT2D eigenvalue weighted by Gasteiger charge is 2.24. The van der Waals surface area contributed by atoms with Gasteiger partial charge in [-0.3, -0.25) is 4.99 Å². The molecule has 5 heteroatoms. The lowest BCUT2D eigenvalue weighted by Gasteiger charge is -2.21. The highest BCUT2D eigenvalue weighted by molar-refractivity contribution is 14.0. The second-order valence-corrected chi connectivity index (χ2v) is 6.54. The number of halogens is 1. The van der Waals surface area contributed by atoms with Gasteiger partial charge in [0.15, 0.2) is 5.96 Å². The number of aliphatic imine (C=N–C) groups is 1. The number of rotatable bonds is 9. The van der Waals surface area contributed by atoms with Gasteiger partial charge in [0.25, 0.3) is 0 Å². The fourth-order valence-corrected chi connectivity index (χ4v) is 3.05. The first-order valence-corrected chi connectivity index (χ1v) is 9.48. The lowest BCUT2D eigenvalue weighted by molar-refractivity contribution is 0.0907. The van der Waals surface area contributed by atoms with E-state index in [1.54, 1.807) is 0 Å². The molecule has 0 amide bonds. The maximum absolute atomic E-state index is 5.92. The van der Waals surface area contributed by atoms with Crippen LogP contribution in [0.15, 0.2) is 35.3 Å². The second kappa shape index (κ2) is 13.4. The third kappa shape index (κ3) is 8.40. The number of ether oxygens (including phenoxy) is 1. The highest BCUT2D eigenvalue weighted by atomic mass is 127. The van der Waals surface area contributed by atoms with Crippen LogP contribution in [0.4, 0.5) is 0 Å². The smallest absolute Gasteiger partial charge is 0.193 e. The summed E-state index contributed by atoms with van der Waals surface area (Å²) in [5, 5.41) is 3.44. The molecule has 4 nitrogen and oxygen atoms in total. The molecule has 0 bridgehead atoms. The molecule has 0 aromatic heterocycles. The lowest BCUT2D eigenvalue weighted by Crippen LogP contribution is -2.40. The van der Waals surface area contributed by atoms with Crippen molar-refractivity contribution in [3.8, 4) is 0 Å². The molecule has 0 aliphatic carbocycles. The molecule has 1 atom stereocenters. The fraction of sp³-hybridized carbons (Fsp3) is 0.650. The number of benzene rings is 1. The van der Waals surface area contributed by atoms with Crippen molar-refractivity contribution in [2.75, 3.05) is 32.8 Å². The Balaban J connectivity index is 0.00000312. The summed E-state index contributed by atoms with van der Waals surface area (Å²) in [6, 6.07) is 10.4. The first-order valence-electron chi connectivity index (χ1n) is 9.48. The predicted octanol–water partition coefficient (Wildman–Crippen LogP) is 4.30. The summed E-state index contributed by atoms with van der Waals surface area (Å²) in [6.45, 7) is 9.91. The van der Waals surface area contributed by atoms with Gasteiger partial charge < -0.3 is 15.0 Å². The zero-order valence-electron chi connectivity index (χ0n) is 15.7. The second-order valence-electron chi connectivity index (χ2n) is 6.54. The Kier molecular flexibility index (Phi) is 11.9. The average molecular weight is 459 g/mol. The number of hydrogen-bond acceptors (Lipinski definition) is 2. The number of guanidine groups is 1. The molecule has 1 N–H and O–H groups in total. The van der Waals surface area contributed by atoms with E-state index in [1.165, 1.54) is 31.2 Å². The standard InChI is InChI=1S/C20H33N3O.HI/c1-3-5-9-13-22-20(21-4-2)23-14-12-19(15-23)17-24-16-18-10-7-6-8-11-18;/h6-8,10-11,19H,3-5,9,12-17H2,1-2H3,(H,21,22);1H. The Morgan fingerprint density at radius 2 is 2.04 bits per heavy atom. The third-order valence-corrected chi connectivity index (χ3v) is 4.41. The summed E-state index contributed by atoms with van der Waals surface area (Å²) < 4.78 is 5.92. The summed E-state index contributed by atoms with van der Waals surface area (Å²) >= 11 is 0. The number of likely N-dealkylation sites (tertiary alicyclic amines) is 1. The van der Waals surface area contributed by atoms with Crippen LogP contribution < -0.4 is 5.32 Å². The molecule has 0 radical (unpaired) electrons. The molecule has 1 aromatic rings. The zero-order chi connectivity index (χ0) is 17.0. The summed E-state index contributed by atoms with van der Waals surface area (Å²) in [4.78, 5) is 7.18. The van der Waals surface area contributed by atoms with Crippen molar-refractivity contribution in [3.05, 3.63) is 35.9 Å². The lowest BCUT2D eigenvalue weighted by atomic mass is 10.1. The van der Waals surface area contributed by atoms with Gasteiger partial charge in [-0.15, -0.1) is 24.0 Å². The van der Waals surface area contributed by atoms with Gasteiger partial charge in [0, 0.05) is 32.1 Å². The predicted molar refractivity (Wildman–Crippen MR) is 117 cm³/mol. The molecular formula is C20H34IN3O.